The number of aliphatic hydroxyl groups excluding tert-OH is 1. The third-order valence-electron chi connectivity index (χ3n) is 21.6. The highest BCUT2D eigenvalue weighted by molar-refractivity contribution is 8.00. The number of nitrogens with two attached hydrogens (primary N) is 2. The fraction of sp³-hybridized carbons (Fsp3) is 0.437. The van der Waals surface area contributed by atoms with Gasteiger partial charge in [0.25, 0.3) is 0 Å². The van der Waals surface area contributed by atoms with Crippen LogP contribution >= 0.6 is 11.8 Å². The van der Waals surface area contributed by atoms with Crippen LogP contribution in [0.25, 0.3) is 10.9 Å². The second kappa shape index (κ2) is 47.4. The zero-order valence-electron chi connectivity index (χ0n) is 71.3. The molecule has 676 valence electrons. The van der Waals surface area contributed by atoms with Crippen LogP contribution in [0.4, 0.5) is 0 Å². The van der Waals surface area contributed by atoms with Gasteiger partial charge in [0.15, 0.2) is 5.96 Å². The van der Waals surface area contributed by atoms with Gasteiger partial charge >= 0.3 is 5.97 Å². The number of H-pyrrole nitrogens is 1. The van der Waals surface area contributed by atoms with Crippen LogP contribution in [-0.2, 0) is 109 Å². The van der Waals surface area contributed by atoms with Crippen LogP contribution < -0.4 is 64.6 Å². The summed E-state index contributed by atoms with van der Waals surface area (Å²) in [5.74, 6) is -17.4. The topological polar surface area (TPSA) is 562 Å². The summed E-state index contributed by atoms with van der Waals surface area (Å²) in [5.41, 5.74) is 14.2. The minimum atomic E-state index is -1.87. The van der Waals surface area contributed by atoms with Gasteiger partial charge in [0.1, 0.15) is 72.2 Å². The number of benzene rings is 5. The van der Waals surface area contributed by atoms with E-state index in [1.807, 2.05) is 0 Å². The highest BCUT2D eigenvalue weighted by atomic mass is 32.2. The number of nitrogens with zero attached hydrogens (tertiary/aromatic N) is 5. The molecule has 0 radical (unpaired) electrons. The lowest BCUT2D eigenvalue weighted by atomic mass is 10.00. The van der Waals surface area contributed by atoms with Gasteiger partial charge in [-0.15, -0.1) is 11.8 Å². The van der Waals surface area contributed by atoms with Gasteiger partial charge in [-0.3, -0.25) is 82.1 Å². The highest BCUT2D eigenvalue weighted by Crippen LogP contribution is 2.26. The largest absolute Gasteiger partial charge is 0.508 e. The van der Waals surface area contributed by atoms with Gasteiger partial charge in [-0.1, -0.05) is 135 Å². The van der Waals surface area contributed by atoms with Crippen LogP contribution in [0.2, 0.25) is 0 Å². The number of primary amides is 1. The van der Waals surface area contributed by atoms with Crippen LogP contribution in [0.5, 0.6) is 5.75 Å². The molecular formula is C87H113N19O19S. The number of carbonyl (C=O) groups is 16. The number of para-hydroxylation sites is 1. The number of fused-ring (bicyclic) bond motifs is 2. The molecule has 39 heteroatoms. The number of aliphatic carboxylic acids is 1. The molecule has 126 heavy (non-hydrogen) atoms. The van der Waals surface area contributed by atoms with E-state index in [1.54, 1.807) is 135 Å². The van der Waals surface area contributed by atoms with Crippen LogP contribution in [0, 0.1) is 11.3 Å². The number of phenols is 1. The van der Waals surface area contributed by atoms with Gasteiger partial charge < -0.3 is 109 Å². The second-order valence-corrected chi connectivity index (χ2v) is 32.7. The van der Waals surface area contributed by atoms with E-state index >= 15 is 28.8 Å². The molecular weight excluding hydrogens is 1650 g/mol. The lowest BCUT2D eigenvalue weighted by molar-refractivity contribution is -0.150. The molecule has 0 bridgehead atoms. The van der Waals surface area contributed by atoms with E-state index in [0.717, 1.165) is 31.4 Å². The molecule has 38 nitrogen and oxygen atoms in total. The molecule has 2 aliphatic heterocycles. The molecule has 0 saturated carbocycles. The van der Waals surface area contributed by atoms with E-state index < -0.39 is 217 Å². The van der Waals surface area contributed by atoms with Gasteiger partial charge in [-0.05, 0) is 91.0 Å². The number of aliphatic hydroxyl groups is 1. The Balaban J connectivity index is 1.19. The first-order chi connectivity index (χ1) is 60.0. The van der Waals surface area contributed by atoms with Crippen LogP contribution in [-0.4, -0.2) is 290 Å². The number of phenolic OH excluding ortho intramolecular Hbond substituents is 1. The number of guanidine groups is 1. The van der Waals surface area contributed by atoms with Crippen molar-refractivity contribution in [1.29, 1.82) is 5.41 Å². The van der Waals surface area contributed by atoms with E-state index in [-0.39, 0.29) is 82.4 Å². The molecule has 6 aromatic rings. The Bertz CT molecular complexity index is 4850. The number of carboxylic acids is 1. The fourth-order valence-electron chi connectivity index (χ4n) is 14.7. The number of aromatic amines is 1. The molecule has 8 rings (SSSR count). The number of aromatic hydroxyl groups is 1. The van der Waals surface area contributed by atoms with Crippen molar-refractivity contribution in [2.75, 3.05) is 72.4 Å². The summed E-state index contributed by atoms with van der Waals surface area (Å²) in [4.78, 5) is 241. The number of hydrogen-bond acceptors (Lipinski definition) is 20. The van der Waals surface area contributed by atoms with Crippen molar-refractivity contribution in [3.05, 3.63) is 174 Å². The number of carbonyl (C=O) groups excluding carboxylic acids is 15. The maximum Gasteiger partial charge on any atom is 0.303 e. The van der Waals surface area contributed by atoms with Crippen molar-refractivity contribution in [1.82, 2.24) is 82.7 Å². The van der Waals surface area contributed by atoms with Gasteiger partial charge in [0.2, 0.25) is 88.6 Å². The quantitative estimate of drug-likeness (QED) is 0.0205. The number of rotatable bonds is 22. The number of amides is 15. The molecule has 2 fully saturated rings. The standard InChI is InChI=1S/C87H113N19O19S/c1-50(2)74-81(120)97-61(35-36-73(113)114)82(121)102(4)46-71(111)96-64(40-55-31-33-57(108)34-32-55)83(122)104(6)67(41-53-23-13-9-14-24-53)84(123)103(5)47-70(110)94-60(29-19-37-91-87(89)90)77(116)98-63(43-56-44-92-59-28-18-17-27-58(56)59)79(118)101-75(51(3)107)86(125)105(7)68(42-54-25-15-10-16-26-54)85(124)106-38-20-30-66(106)80(119)99-65(76(115)93-45-69(88)109)48-126-49-72(112)95-62(78(117)100-74)39-52-21-11-8-12-22-52/h8-18,21-28,31-34,44,50-51,60-68,74-75,92,107-108H,19-20,29-30,35-43,45-49H2,1-7H3,(H2,88,109)(H,93,115)(H,94,110)(H,95,112)(H,96,111)(H,97,120)(H,98,116)(H,99,119)(H,100,117)(H,101,118)(H,113,114)(H4,89,90,91)/t51-,60+,61+,62+,63+,64+,65+,66+,67+,68+,74+,75+/m1/s1. The molecule has 1 aromatic heterocycles. The number of aromatic nitrogens is 1. The number of nitrogens with one attached hydrogen (secondary N) is 12. The first-order valence-corrected chi connectivity index (χ1v) is 42.4. The Morgan fingerprint density at radius 3 is 1.61 bits per heavy atom. The third-order valence-corrected chi connectivity index (χ3v) is 22.6. The van der Waals surface area contributed by atoms with Gasteiger partial charge in [-0.25, -0.2) is 0 Å². The molecule has 2 saturated heterocycles. The lowest BCUT2D eigenvalue weighted by Crippen LogP contribution is -2.62. The van der Waals surface area contributed by atoms with Gasteiger partial charge in [-0.2, -0.15) is 0 Å². The first kappa shape index (κ1) is 98.0. The van der Waals surface area contributed by atoms with Crippen molar-refractivity contribution in [2.45, 2.75) is 164 Å². The third kappa shape index (κ3) is 29.1. The second-order valence-electron chi connectivity index (χ2n) is 31.6. The summed E-state index contributed by atoms with van der Waals surface area (Å²) in [6.45, 7) is 1.96. The van der Waals surface area contributed by atoms with E-state index in [0.29, 0.717) is 38.7 Å². The van der Waals surface area contributed by atoms with E-state index in [9.17, 15) is 63.3 Å². The molecule has 19 N–H and O–H groups in total. The van der Waals surface area contributed by atoms with Crippen molar-refractivity contribution < 1.29 is 92.0 Å². The van der Waals surface area contributed by atoms with Crippen molar-refractivity contribution in [3.8, 4) is 5.75 Å². The Morgan fingerprint density at radius 1 is 0.524 bits per heavy atom. The Kier molecular flexibility index (Phi) is 36.9. The molecule has 0 aliphatic carbocycles. The molecule has 2 aliphatic rings. The smallest absolute Gasteiger partial charge is 0.303 e. The Hall–Kier alpha value is -13.5. The van der Waals surface area contributed by atoms with Crippen LogP contribution in [0.3, 0.4) is 0 Å². The summed E-state index contributed by atoms with van der Waals surface area (Å²) < 4.78 is 0. The number of thioether (sulfide) groups is 1. The molecule has 0 unspecified atom stereocenters. The number of likely N-dealkylation sites (N-methyl/N-ethyl adjacent to an activating group) is 4. The lowest BCUT2D eigenvalue weighted by Gasteiger charge is -2.36. The van der Waals surface area contributed by atoms with E-state index in [4.69, 9.17) is 16.9 Å². The van der Waals surface area contributed by atoms with Crippen molar-refractivity contribution in [2.24, 2.45) is 17.4 Å². The summed E-state index contributed by atoms with van der Waals surface area (Å²) >= 11 is 0.811. The maximum atomic E-state index is 15.5. The maximum absolute atomic E-state index is 15.5. The predicted octanol–water partition coefficient (Wildman–Crippen LogP) is -1.66. The summed E-state index contributed by atoms with van der Waals surface area (Å²) in [6, 6.07) is 20.9. The summed E-state index contributed by atoms with van der Waals surface area (Å²) in [6.07, 6.45) is -2.41. The molecule has 0 spiro atoms. The normalized spacial score (nSPS) is 22.8. The monoisotopic (exact) mass is 1760 g/mol. The number of carboxylic acid groups (broad SMARTS) is 1. The average Bonchev–Trinajstić information content (AvgIpc) is 1.65. The highest BCUT2D eigenvalue weighted by Gasteiger charge is 2.44. The van der Waals surface area contributed by atoms with Crippen molar-refractivity contribution in [3.63, 3.8) is 0 Å². The average molecular weight is 1760 g/mol. The zero-order valence-corrected chi connectivity index (χ0v) is 72.1. The van der Waals surface area contributed by atoms with Gasteiger partial charge in [0, 0.05) is 103 Å². The predicted molar refractivity (Wildman–Crippen MR) is 465 cm³/mol. The number of hydrogen-bond donors (Lipinski definition) is 17. The van der Waals surface area contributed by atoms with Crippen molar-refractivity contribution >= 4 is 123 Å². The fourth-order valence-corrected chi connectivity index (χ4v) is 15.6. The molecule has 5 aromatic carbocycles. The molecule has 15 amide bonds. The Morgan fingerprint density at radius 2 is 1.03 bits per heavy atom. The minimum Gasteiger partial charge on any atom is -0.508 e. The SMILES string of the molecule is CC(C)[C@@H]1NC(=O)[C@H](Cc2ccccc2)NC(=O)CSC[C@@H](C(=O)NCC(N)=O)NC(=O)[C@@H]2CCCN2C(=O)[C@H](Cc2ccccc2)N(C)C(=O)[C@H]([C@@H](C)O)NC(=O)[C@H](Cc2c[nH]c3ccccc23)NC(=O)[C@H](CCCNC(=N)N)NC(=O)CN(C)C(=O)[C@H](Cc2ccccc2)N(C)C(=O)[C@H](Cc2ccc(O)cc2)NC(=O)CN(C)C(=O)[C@H](CCC(=O)O)NC1=O. The molecule has 3 heterocycles. The van der Waals surface area contributed by atoms with E-state index in [2.05, 4.69) is 58.2 Å². The summed E-state index contributed by atoms with van der Waals surface area (Å²) in [5, 5.41) is 66.6. The van der Waals surface area contributed by atoms with Gasteiger partial charge in [0.05, 0.1) is 31.5 Å². The van der Waals surface area contributed by atoms with E-state index in [1.165, 1.54) is 64.3 Å². The zero-order chi connectivity index (χ0) is 92.0. The Labute approximate surface area is 732 Å². The molecule has 12 atom stereocenters. The summed E-state index contributed by atoms with van der Waals surface area (Å²) in [7, 11) is 5.00. The minimum absolute atomic E-state index is 0.00375. The van der Waals surface area contributed by atoms with Crippen LogP contribution in [0.1, 0.15) is 87.1 Å². The van der Waals surface area contributed by atoms with Crippen LogP contribution in [0.15, 0.2) is 146 Å². The first-order valence-electron chi connectivity index (χ1n) is 41.3.